The number of fused-ring (bicyclic) bond motifs is 3. The highest BCUT2D eigenvalue weighted by Crippen LogP contribution is 2.39. The SMILES string of the molecule is Cc1ccc(CN2C3CCC2CC(Nc2cccc4cnccc24)C3)cc1OCCO. The number of hydrogen-bond donors (Lipinski definition) is 2. The summed E-state index contributed by atoms with van der Waals surface area (Å²) in [5, 5.41) is 15.4. The summed E-state index contributed by atoms with van der Waals surface area (Å²) < 4.78 is 5.72. The van der Waals surface area contributed by atoms with E-state index in [2.05, 4.69) is 64.6 Å². The maximum Gasteiger partial charge on any atom is 0.122 e. The number of ether oxygens (including phenoxy) is 1. The first-order valence-electron chi connectivity index (χ1n) is 11.4. The molecule has 2 saturated heterocycles. The van der Waals surface area contributed by atoms with Crippen molar-refractivity contribution in [1.82, 2.24) is 9.88 Å². The molecule has 0 saturated carbocycles. The van der Waals surface area contributed by atoms with E-state index >= 15 is 0 Å². The summed E-state index contributed by atoms with van der Waals surface area (Å²) >= 11 is 0. The van der Waals surface area contributed by atoms with E-state index in [-0.39, 0.29) is 6.61 Å². The standard InChI is InChI=1S/C26H31N3O2/c1-18-5-6-19(13-26(18)31-12-11-30)17-29-22-7-8-23(29)15-21(14-22)28-25-4-2-3-20-16-27-10-9-24(20)25/h2-6,9-10,13,16,21-23,28,30H,7-8,11-12,14-15,17H2,1H3. The van der Waals surface area contributed by atoms with Gasteiger partial charge in [-0.05, 0) is 61.9 Å². The maximum atomic E-state index is 9.07. The highest BCUT2D eigenvalue weighted by Gasteiger charge is 2.40. The molecule has 0 amide bonds. The molecule has 5 nitrogen and oxygen atoms in total. The predicted octanol–water partition coefficient (Wildman–Crippen LogP) is 4.52. The minimum atomic E-state index is 0.0432. The van der Waals surface area contributed by atoms with Crippen LogP contribution in [0.2, 0.25) is 0 Å². The first-order chi connectivity index (χ1) is 15.2. The molecule has 0 aliphatic carbocycles. The van der Waals surface area contributed by atoms with E-state index in [4.69, 9.17) is 9.84 Å². The van der Waals surface area contributed by atoms with E-state index in [0.717, 1.165) is 17.9 Å². The summed E-state index contributed by atoms with van der Waals surface area (Å²) in [6, 6.07) is 16.8. The van der Waals surface area contributed by atoms with E-state index in [1.54, 1.807) is 0 Å². The number of anilines is 1. The number of aryl methyl sites for hydroxylation is 1. The summed E-state index contributed by atoms with van der Waals surface area (Å²) in [6.45, 7) is 3.41. The van der Waals surface area contributed by atoms with Gasteiger partial charge in [0, 0.05) is 53.5 Å². The molecule has 2 aliphatic rings. The molecule has 1 aromatic heterocycles. The monoisotopic (exact) mass is 417 g/mol. The largest absolute Gasteiger partial charge is 0.491 e. The van der Waals surface area contributed by atoms with Crippen LogP contribution in [-0.2, 0) is 6.54 Å². The first-order valence-corrected chi connectivity index (χ1v) is 11.4. The third-order valence-corrected chi connectivity index (χ3v) is 6.89. The van der Waals surface area contributed by atoms with Gasteiger partial charge >= 0.3 is 0 Å². The molecule has 5 heteroatoms. The quantitative estimate of drug-likeness (QED) is 0.592. The van der Waals surface area contributed by atoms with Crippen LogP contribution < -0.4 is 10.1 Å². The van der Waals surface area contributed by atoms with Crippen molar-refractivity contribution >= 4 is 16.5 Å². The van der Waals surface area contributed by atoms with Crippen LogP contribution in [0, 0.1) is 6.92 Å². The maximum absolute atomic E-state index is 9.07. The Morgan fingerprint density at radius 1 is 1.13 bits per heavy atom. The first kappa shape index (κ1) is 20.3. The van der Waals surface area contributed by atoms with Crippen molar-refractivity contribution in [3.8, 4) is 5.75 Å². The normalized spacial score (nSPS) is 23.2. The van der Waals surface area contributed by atoms with E-state index in [1.165, 1.54) is 47.7 Å². The Bertz CT molecular complexity index is 1030. The molecule has 0 radical (unpaired) electrons. The fourth-order valence-electron chi connectivity index (χ4n) is 5.38. The van der Waals surface area contributed by atoms with Crippen molar-refractivity contribution in [2.75, 3.05) is 18.5 Å². The van der Waals surface area contributed by atoms with Crippen molar-refractivity contribution in [3.63, 3.8) is 0 Å². The molecule has 0 spiro atoms. The van der Waals surface area contributed by atoms with Crippen molar-refractivity contribution < 1.29 is 9.84 Å². The van der Waals surface area contributed by atoms with Gasteiger partial charge in [-0.3, -0.25) is 9.88 Å². The lowest BCUT2D eigenvalue weighted by Crippen LogP contribution is -2.46. The zero-order chi connectivity index (χ0) is 21.2. The third kappa shape index (κ3) is 4.25. The number of hydrogen-bond acceptors (Lipinski definition) is 5. The summed E-state index contributed by atoms with van der Waals surface area (Å²) in [6.07, 6.45) is 8.73. The van der Waals surface area contributed by atoms with Gasteiger partial charge in [0.1, 0.15) is 12.4 Å². The third-order valence-electron chi connectivity index (χ3n) is 6.89. The predicted molar refractivity (Wildman–Crippen MR) is 125 cm³/mol. The van der Waals surface area contributed by atoms with Crippen LogP contribution in [0.15, 0.2) is 54.9 Å². The zero-order valence-electron chi connectivity index (χ0n) is 18.1. The van der Waals surface area contributed by atoms with Crippen molar-refractivity contribution in [3.05, 3.63) is 66.0 Å². The molecule has 2 aromatic carbocycles. The molecule has 2 fully saturated rings. The van der Waals surface area contributed by atoms with Gasteiger partial charge in [0.2, 0.25) is 0 Å². The van der Waals surface area contributed by atoms with Gasteiger partial charge in [-0.2, -0.15) is 0 Å². The molecule has 2 N–H and O–H groups in total. The summed E-state index contributed by atoms with van der Waals surface area (Å²) in [7, 11) is 0. The van der Waals surface area contributed by atoms with E-state index in [1.807, 2.05) is 12.4 Å². The number of nitrogens with one attached hydrogen (secondary N) is 1. The Kier molecular flexibility index (Phi) is 5.79. The molecule has 2 atom stereocenters. The lowest BCUT2D eigenvalue weighted by molar-refractivity contribution is 0.124. The Morgan fingerprint density at radius 3 is 2.77 bits per heavy atom. The van der Waals surface area contributed by atoms with Crippen molar-refractivity contribution in [2.24, 2.45) is 0 Å². The van der Waals surface area contributed by atoms with Gasteiger partial charge in [-0.15, -0.1) is 0 Å². The number of benzene rings is 2. The molecular weight excluding hydrogens is 386 g/mol. The van der Waals surface area contributed by atoms with Crippen molar-refractivity contribution in [1.29, 1.82) is 0 Å². The van der Waals surface area contributed by atoms with Crippen LogP contribution in [0.5, 0.6) is 5.75 Å². The number of nitrogens with zero attached hydrogens (tertiary/aromatic N) is 2. The molecule has 5 rings (SSSR count). The van der Waals surface area contributed by atoms with Gasteiger partial charge in [0.25, 0.3) is 0 Å². The number of rotatable bonds is 7. The Balaban J connectivity index is 1.27. The summed E-state index contributed by atoms with van der Waals surface area (Å²) in [4.78, 5) is 6.96. The lowest BCUT2D eigenvalue weighted by atomic mass is 9.95. The van der Waals surface area contributed by atoms with Crippen LogP contribution in [-0.4, -0.2) is 46.3 Å². The number of aromatic nitrogens is 1. The number of aliphatic hydroxyl groups is 1. The topological polar surface area (TPSA) is 57.6 Å². The highest BCUT2D eigenvalue weighted by molar-refractivity contribution is 5.93. The second-order valence-electron chi connectivity index (χ2n) is 8.94. The minimum absolute atomic E-state index is 0.0432. The van der Waals surface area contributed by atoms with Crippen molar-refractivity contribution in [2.45, 2.75) is 57.3 Å². The van der Waals surface area contributed by atoms with Gasteiger partial charge in [0.15, 0.2) is 0 Å². The molecular formula is C26H31N3O2. The molecule has 31 heavy (non-hydrogen) atoms. The summed E-state index contributed by atoms with van der Waals surface area (Å²) in [5.41, 5.74) is 3.64. The number of piperidine rings is 1. The second-order valence-corrected chi connectivity index (χ2v) is 8.94. The number of pyridine rings is 1. The van der Waals surface area contributed by atoms with Gasteiger partial charge in [-0.1, -0.05) is 24.3 Å². The van der Waals surface area contributed by atoms with Gasteiger partial charge in [0.05, 0.1) is 6.61 Å². The minimum Gasteiger partial charge on any atom is -0.491 e. The van der Waals surface area contributed by atoms with Crippen LogP contribution >= 0.6 is 0 Å². The lowest BCUT2D eigenvalue weighted by Gasteiger charge is -2.39. The fourth-order valence-corrected chi connectivity index (χ4v) is 5.38. The fraction of sp³-hybridized carbons (Fsp3) is 0.423. The highest BCUT2D eigenvalue weighted by atomic mass is 16.5. The molecule has 162 valence electrons. The van der Waals surface area contributed by atoms with Crippen LogP contribution in [0.25, 0.3) is 10.8 Å². The Hall–Kier alpha value is -2.63. The molecule has 2 bridgehead atoms. The van der Waals surface area contributed by atoms with E-state index in [9.17, 15) is 0 Å². The molecule has 3 heterocycles. The summed E-state index contributed by atoms with van der Waals surface area (Å²) in [5.74, 6) is 0.890. The molecule has 2 unspecified atom stereocenters. The zero-order valence-corrected chi connectivity index (χ0v) is 18.1. The Labute approximate surface area is 184 Å². The van der Waals surface area contributed by atoms with E-state index < -0.39 is 0 Å². The van der Waals surface area contributed by atoms with Crippen LogP contribution in [0.1, 0.15) is 36.8 Å². The molecule has 2 aliphatic heterocycles. The van der Waals surface area contributed by atoms with Gasteiger partial charge < -0.3 is 15.2 Å². The Morgan fingerprint density at radius 2 is 1.97 bits per heavy atom. The van der Waals surface area contributed by atoms with Crippen LogP contribution in [0.4, 0.5) is 5.69 Å². The average molecular weight is 418 g/mol. The van der Waals surface area contributed by atoms with Gasteiger partial charge in [-0.25, -0.2) is 0 Å². The second kappa shape index (κ2) is 8.85. The van der Waals surface area contributed by atoms with E-state index in [0.29, 0.717) is 24.7 Å². The average Bonchev–Trinajstić information content (AvgIpc) is 3.01. The van der Waals surface area contributed by atoms with Crippen LogP contribution in [0.3, 0.4) is 0 Å². The molecule has 3 aromatic rings. The smallest absolute Gasteiger partial charge is 0.122 e. The number of aliphatic hydroxyl groups excluding tert-OH is 1.